The van der Waals surface area contributed by atoms with E-state index in [1.165, 1.54) is 58.0 Å². The van der Waals surface area contributed by atoms with Crippen LogP contribution in [0.4, 0.5) is 0 Å². The third-order valence-corrected chi connectivity index (χ3v) is 4.20. The maximum atomic E-state index is 3.53. The Bertz CT molecular complexity index is 195. The first-order valence-corrected chi connectivity index (χ1v) is 8.96. The van der Waals surface area contributed by atoms with Gasteiger partial charge in [0.1, 0.15) is 0 Å². The van der Waals surface area contributed by atoms with Crippen molar-refractivity contribution in [1.29, 1.82) is 0 Å². The second kappa shape index (κ2) is 29.8. The van der Waals surface area contributed by atoms with E-state index in [9.17, 15) is 0 Å². The van der Waals surface area contributed by atoms with E-state index in [0.29, 0.717) is 12.1 Å². The Kier molecular flexibility index (Phi) is 43.9. The molecule has 0 aromatic rings. The van der Waals surface area contributed by atoms with E-state index in [0.717, 1.165) is 13.1 Å². The van der Waals surface area contributed by atoms with E-state index >= 15 is 0 Å². The molecule has 0 saturated heterocycles. The molecule has 25 heavy (non-hydrogen) atoms. The smallest absolute Gasteiger partial charge is 0.00478 e. The lowest BCUT2D eigenvalue weighted by molar-refractivity contribution is 0.503. The molecule has 0 aromatic heterocycles. The van der Waals surface area contributed by atoms with Crippen LogP contribution in [0.25, 0.3) is 0 Å². The van der Waals surface area contributed by atoms with Crippen LogP contribution in [0.15, 0.2) is 0 Å². The zero-order chi connectivity index (χ0) is 15.8. The van der Waals surface area contributed by atoms with Crippen molar-refractivity contribution in [3.05, 3.63) is 0 Å². The molecule has 0 radical (unpaired) electrons. The van der Waals surface area contributed by atoms with Gasteiger partial charge in [0.15, 0.2) is 0 Å². The summed E-state index contributed by atoms with van der Waals surface area (Å²) >= 11 is 0. The minimum atomic E-state index is 0. The van der Waals surface area contributed by atoms with E-state index in [-0.39, 0.29) is 49.6 Å². The Labute approximate surface area is 181 Å². The second-order valence-electron chi connectivity index (χ2n) is 6.22. The Morgan fingerprint density at radius 2 is 0.840 bits per heavy atom. The molecule has 0 bridgehead atoms. The molecule has 0 spiro atoms. The fraction of sp³-hybridized carbons (Fsp3) is 1.00. The molecule has 0 aliphatic carbocycles. The zero-order valence-electron chi connectivity index (χ0n) is 16.6. The summed E-state index contributed by atoms with van der Waals surface area (Å²) in [6.45, 7) is 9.09. The van der Waals surface area contributed by atoms with Crippen molar-refractivity contribution in [3.63, 3.8) is 0 Å². The minimum absolute atomic E-state index is 0. The third-order valence-electron chi connectivity index (χ3n) is 4.20. The topological polar surface area (TPSA) is 48.1 Å². The molecule has 0 rings (SSSR count). The Hall–Kier alpha value is 1.00. The maximum Gasteiger partial charge on any atom is 0.00478 e. The predicted molar refractivity (Wildman–Crippen MR) is 124 cm³/mol. The van der Waals surface area contributed by atoms with E-state index in [2.05, 4.69) is 35.1 Å². The molecule has 4 N–H and O–H groups in total. The lowest BCUT2D eigenvalue weighted by Gasteiger charge is -2.11. The van der Waals surface area contributed by atoms with Crippen LogP contribution in [-0.4, -0.2) is 52.4 Å². The molecular formula is C17H44Cl4N4. The number of hydrogen-bond donors (Lipinski definition) is 4. The highest BCUT2D eigenvalue weighted by atomic mass is 35.5. The summed E-state index contributed by atoms with van der Waals surface area (Å²) in [4.78, 5) is 0. The normalized spacial score (nSPS) is 12.0. The van der Waals surface area contributed by atoms with Gasteiger partial charge in [-0.1, -0.05) is 19.3 Å². The summed E-state index contributed by atoms with van der Waals surface area (Å²) in [5.41, 5.74) is 0. The summed E-state index contributed by atoms with van der Waals surface area (Å²) < 4.78 is 0. The van der Waals surface area contributed by atoms with Gasteiger partial charge >= 0.3 is 0 Å². The van der Waals surface area contributed by atoms with Gasteiger partial charge in [-0.15, -0.1) is 49.6 Å². The first kappa shape index (κ1) is 36.8. The molecule has 8 heteroatoms. The van der Waals surface area contributed by atoms with Gasteiger partial charge < -0.3 is 21.3 Å². The van der Waals surface area contributed by atoms with Crippen LogP contribution in [-0.2, 0) is 0 Å². The van der Waals surface area contributed by atoms with Gasteiger partial charge in [-0.2, -0.15) is 0 Å². The van der Waals surface area contributed by atoms with Crippen molar-refractivity contribution in [2.45, 2.75) is 70.9 Å². The number of unbranched alkanes of at least 4 members (excludes halogenated alkanes) is 4. The monoisotopic (exact) mass is 444 g/mol. The lowest BCUT2D eigenvalue weighted by atomic mass is 10.1. The summed E-state index contributed by atoms with van der Waals surface area (Å²) in [5, 5.41) is 13.6. The van der Waals surface area contributed by atoms with Crippen LogP contribution in [0.1, 0.15) is 58.8 Å². The van der Waals surface area contributed by atoms with Crippen molar-refractivity contribution in [2.75, 3.05) is 40.3 Å². The van der Waals surface area contributed by atoms with Crippen molar-refractivity contribution in [3.8, 4) is 0 Å². The molecule has 160 valence electrons. The van der Waals surface area contributed by atoms with Crippen molar-refractivity contribution < 1.29 is 0 Å². The van der Waals surface area contributed by atoms with Gasteiger partial charge in [-0.3, -0.25) is 0 Å². The Morgan fingerprint density at radius 1 is 0.520 bits per heavy atom. The quantitative estimate of drug-likeness (QED) is 0.273. The zero-order valence-corrected chi connectivity index (χ0v) is 19.8. The second-order valence-corrected chi connectivity index (χ2v) is 6.22. The molecule has 0 aliphatic heterocycles. The number of hydrogen-bond acceptors (Lipinski definition) is 4. The predicted octanol–water partition coefficient (Wildman–Crippen LogP) is 3.80. The van der Waals surface area contributed by atoms with Crippen molar-refractivity contribution in [2.24, 2.45) is 0 Å². The van der Waals surface area contributed by atoms with E-state index < -0.39 is 0 Å². The number of rotatable bonds is 16. The SMILES string of the molecule is CNC(C)CCNCCCCCCCNCCC(C)NC.Cl.Cl.Cl.Cl. The molecule has 0 aromatic carbocycles. The van der Waals surface area contributed by atoms with Gasteiger partial charge in [0.05, 0.1) is 0 Å². The molecule has 0 amide bonds. The van der Waals surface area contributed by atoms with Crippen LogP contribution in [0.2, 0.25) is 0 Å². The molecule has 2 atom stereocenters. The molecule has 0 fully saturated rings. The van der Waals surface area contributed by atoms with Crippen LogP contribution >= 0.6 is 49.6 Å². The highest BCUT2D eigenvalue weighted by Crippen LogP contribution is 2.01. The molecule has 2 unspecified atom stereocenters. The van der Waals surface area contributed by atoms with Crippen molar-refractivity contribution >= 4 is 49.6 Å². The fourth-order valence-corrected chi connectivity index (χ4v) is 2.21. The molecular weight excluding hydrogens is 402 g/mol. The van der Waals surface area contributed by atoms with Crippen LogP contribution in [0.3, 0.4) is 0 Å². The first-order valence-electron chi connectivity index (χ1n) is 8.96. The van der Waals surface area contributed by atoms with Gasteiger partial charge in [0.25, 0.3) is 0 Å². The van der Waals surface area contributed by atoms with Gasteiger partial charge in [-0.05, 0) is 79.8 Å². The molecule has 0 saturated carbocycles. The van der Waals surface area contributed by atoms with Crippen LogP contribution in [0.5, 0.6) is 0 Å². The summed E-state index contributed by atoms with van der Waals surface area (Å²) in [7, 11) is 4.06. The highest BCUT2D eigenvalue weighted by Gasteiger charge is 1.97. The van der Waals surface area contributed by atoms with Gasteiger partial charge in [0, 0.05) is 12.1 Å². The fourth-order valence-electron chi connectivity index (χ4n) is 2.21. The minimum Gasteiger partial charge on any atom is -0.317 e. The third kappa shape index (κ3) is 30.0. The van der Waals surface area contributed by atoms with Gasteiger partial charge in [0.2, 0.25) is 0 Å². The maximum absolute atomic E-state index is 3.53. The summed E-state index contributed by atoms with van der Waals surface area (Å²) in [5.74, 6) is 0. The average Bonchev–Trinajstić information content (AvgIpc) is 2.51. The molecule has 4 nitrogen and oxygen atoms in total. The summed E-state index contributed by atoms with van der Waals surface area (Å²) in [6, 6.07) is 1.25. The van der Waals surface area contributed by atoms with E-state index in [4.69, 9.17) is 0 Å². The van der Waals surface area contributed by atoms with E-state index in [1.807, 2.05) is 14.1 Å². The Morgan fingerprint density at radius 3 is 1.16 bits per heavy atom. The summed E-state index contributed by atoms with van der Waals surface area (Å²) in [6.07, 6.45) is 9.19. The number of nitrogens with one attached hydrogen (secondary N) is 4. The lowest BCUT2D eigenvalue weighted by Crippen LogP contribution is -2.27. The molecule has 0 heterocycles. The largest absolute Gasteiger partial charge is 0.317 e. The van der Waals surface area contributed by atoms with E-state index in [1.54, 1.807) is 0 Å². The number of halogens is 4. The van der Waals surface area contributed by atoms with Gasteiger partial charge in [-0.25, -0.2) is 0 Å². The Balaban J connectivity index is -0.000000333. The first-order chi connectivity index (χ1) is 10.2. The standard InChI is InChI=1S/C17H40N4.4ClH/c1-16(18-3)10-14-20-12-8-6-5-7-9-13-21-15-11-17(2)19-4;;;;/h16-21H,5-15H2,1-4H3;4*1H. The van der Waals surface area contributed by atoms with Crippen molar-refractivity contribution in [1.82, 2.24) is 21.3 Å². The highest BCUT2D eigenvalue weighted by molar-refractivity contribution is 5.86. The molecule has 0 aliphatic rings. The van der Waals surface area contributed by atoms with Crippen LogP contribution < -0.4 is 21.3 Å². The average molecular weight is 446 g/mol. The van der Waals surface area contributed by atoms with Crippen LogP contribution in [0, 0.1) is 0 Å².